The lowest BCUT2D eigenvalue weighted by atomic mass is 10.1. The highest BCUT2D eigenvalue weighted by atomic mass is 16.5. The van der Waals surface area contributed by atoms with Gasteiger partial charge in [-0.3, -0.25) is 4.79 Å². The number of nitrogens with one attached hydrogen (secondary N) is 1. The Kier molecular flexibility index (Phi) is 5.51. The predicted molar refractivity (Wildman–Crippen MR) is 51.9 cm³/mol. The molecule has 1 aliphatic heterocycles. The van der Waals surface area contributed by atoms with Gasteiger partial charge in [0, 0.05) is 13.2 Å². The van der Waals surface area contributed by atoms with Crippen LogP contribution in [0.15, 0.2) is 0 Å². The van der Waals surface area contributed by atoms with Crippen molar-refractivity contribution in [2.45, 2.75) is 18.9 Å². The lowest BCUT2D eigenvalue weighted by molar-refractivity contribution is -0.127. The van der Waals surface area contributed by atoms with E-state index >= 15 is 0 Å². The molecule has 0 aromatic carbocycles. The Morgan fingerprint density at radius 1 is 1.64 bits per heavy atom. The Balaban J connectivity index is 2.06. The van der Waals surface area contributed by atoms with Crippen LogP contribution in [-0.2, 0) is 14.3 Å². The van der Waals surface area contributed by atoms with Crippen LogP contribution in [0.4, 0.5) is 0 Å². The summed E-state index contributed by atoms with van der Waals surface area (Å²) in [7, 11) is 0. The molecule has 1 aliphatic rings. The first-order chi connectivity index (χ1) is 6.83. The minimum Gasteiger partial charge on any atom is -0.379 e. The number of carbonyl (C=O) groups excluding carboxylic acids is 1. The van der Waals surface area contributed by atoms with Gasteiger partial charge in [0.25, 0.3) is 0 Å². The van der Waals surface area contributed by atoms with Crippen LogP contribution in [0.3, 0.4) is 0 Å². The summed E-state index contributed by atoms with van der Waals surface area (Å²) in [5, 5.41) is 2.85. The van der Waals surface area contributed by atoms with E-state index in [4.69, 9.17) is 15.2 Å². The van der Waals surface area contributed by atoms with Crippen LogP contribution < -0.4 is 11.1 Å². The third kappa shape index (κ3) is 4.55. The molecule has 0 radical (unpaired) electrons. The van der Waals surface area contributed by atoms with Crippen molar-refractivity contribution < 1.29 is 14.3 Å². The molecule has 1 unspecified atom stereocenters. The summed E-state index contributed by atoms with van der Waals surface area (Å²) in [6, 6.07) is 0.151. The molecule has 3 N–H and O–H groups in total. The van der Waals surface area contributed by atoms with Gasteiger partial charge in [0.2, 0.25) is 5.91 Å². The molecule has 1 rings (SSSR count). The van der Waals surface area contributed by atoms with E-state index in [2.05, 4.69) is 5.32 Å². The third-order valence-electron chi connectivity index (χ3n) is 2.02. The van der Waals surface area contributed by atoms with Gasteiger partial charge in [0.1, 0.15) is 6.61 Å². The van der Waals surface area contributed by atoms with E-state index in [0.29, 0.717) is 19.8 Å². The standard InChI is InChI=1S/C9H18N2O3/c10-3-5-14-7-9(12)11-8-2-1-4-13-6-8/h8H,1-7,10H2,(H,11,12). The second-order valence-corrected chi connectivity index (χ2v) is 3.32. The summed E-state index contributed by atoms with van der Waals surface area (Å²) in [4.78, 5) is 11.3. The van der Waals surface area contributed by atoms with E-state index in [1.165, 1.54) is 0 Å². The fraction of sp³-hybridized carbons (Fsp3) is 0.889. The van der Waals surface area contributed by atoms with Crippen LogP contribution >= 0.6 is 0 Å². The topological polar surface area (TPSA) is 73.6 Å². The van der Waals surface area contributed by atoms with Crippen molar-refractivity contribution >= 4 is 5.91 Å². The van der Waals surface area contributed by atoms with Gasteiger partial charge in [0.15, 0.2) is 0 Å². The Morgan fingerprint density at radius 2 is 2.50 bits per heavy atom. The molecule has 1 fully saturated rings. The molecule has 0 aromatic heterocycles. The molecule has 82 valence electrons. The fourth-order valence-corrected chi connectivity index (χ4v) is 1.37. The molecule has 1 atom stereocenters. The van der Waals surface area contributed by atoms with Crippen LogP contribution in [-0.4, -0.2) is 44.9 Å². The molecule has 1 saturated heterocycles. The molecular weight excluding hydrogens is 184 g/mol. The zero-order valence-corrected chi connectivity index (χ0v) is 8.33. The summed E-state index contributed by atoms with van der Waals surface area (Å²) in [6.07, 6.45) is 2.00. The molecule has 5 heteroatoms. The highest BCUT2D eigenvalue weighted by Crippen LogP contribution is 2.05. The van der Waals surface area contributed by atoms with Crippen molar-refractivity contribution in [3.8, 4) is 0 Å². The van der Waals surface area contributed by atoms with Gasteiger partial charge in [-0.1, -0.05) is 0 Å². The minimum absolute atomic E-state index is 0.0889. The highest BCUT2D eigenvalue weighted by Gasteiger charge is 2.15. The van der Waals surface area contributed by atoms with Gasteiger partial charge in [0.05, 0.1) is 19.3 Å². The van der Waals surface area contributed by atoms with Crippen LogP contribution in [0.1, 0.15) is 12.8 Å². The van der Waals surface area contributed by atoms with Crippen molar-refractivity contribution in [1.29, 1.82) is 0 Å². The molecule has 0 saturated carbocycles. The smallest absolute Gasteiger partial charge is 0.246 e. The molecule has 1 amide bonds. The van der Waals surface area contributed by atoms with Crippen molar-refractivity contribution in [2.75, 3.05) is 33.0 Å². The van der Waals surface area contributed by atoms with Crippen LogP contribution in [0, 0.1) is 0 Å². The van der Waals surface area contributed by atoms with E-state index in [0.717, 1.165) is 19.4 Å². The van der Waals surface area contributed by atoms with Crippen molar-refractivity contribution in [2.24, 2.45) is 5.73 Å². The number of hydrogen-bond acceptors (Lipinski definition) is 4. The average molecular weight is 202 g/mol. The fourth-order valence-electron chi connectivity index (χ4n) is 1.37. The number of amides is 1. The largest absolute Gasteiger partial charge is 0.379 e. The van der Waals surface area contributed by atoms with Gasteiger partial charge < -0.3 is 20.5 Å². The third-order valence-corrected chi connectivity index (χ3v) is 2.02. The second kappa shape index (κ2) is 6.75. The second-order valence-electron chi connectivity index (χ2n) is 3.32. The first-order valence-corrected chi connectivity index (χ1v) is 4.98. The number of rotatable bonds is 5. The van der Waals surface area contributed by atoms with Gasteiger partial charge in [-0.25, -0.2) is 0 Å². The molecule has 14 heavy (non-hydrogen) atoms. The average Bonchev–Trinajstić information content (AvgIpc) is 2.20. The van der Waals surface area contributed by atoms with E-state index in [1.54, 1.807) is 0 Å². The summed E-state index contributed by atoms with van der Waals surface area (Å²) in [6.45, 7) is 2.38. The maximum atomic E-state index is 11.3. The molecule has 0 aliphatic carbocycles. The maximum absolute atomic E-state index is 11.3. The summed E-state index contributed by atoms with van der Waals surface area (Å²) < 4.78 is 10.2. The summed E-state index contributed by atoms with van der Waals surface area (Å²) in [5.41, 5.74) is 5.22. The number of ether oxygens (including phenoxy) is 2. The quantitative estimate of drug-likeness (QED) is 0.576. The Morgan fingerprint density at radius 3 is 3.14 bits per heavy atom. The van der Waals surface area contributed by atoms with Crippen LogP contribution in [0.25, 0.3) is 0 Å². The first-order valence-electron chi connectivity index (χ1n) is 4.98. The Bertz CT molecular complexity index is 169. The van der Waals surface area contributed by atoms with Crippen molar-refractivity contribution in [3.05, 3.63) is 0 Å². The predicted octanol–water partition coefficient (Wildman–Crippen LogP) is -0.743. The van der Waals surface area contributed by atoms with E-state index in [1.807, 2.05) is 0 Å². The first kappa shape index (κ1) is 11.4. The molecule has 0 spiro atoms. The normalized spacial score (nSPS) is 21.9. The van der Waals surface area contributed by atoms with Crippen molar-refractivity contribution in [1.82, 2.24) is 5.32 Å². The molecule has 0 bridgehead atoms. The van der Waals surface area contributed by atoms with Gasteiger partial charge in [-0.15, -0.1) is 0 Å². The lowest BCUT2D eigenvalue weighted by Crippen LogP contribution is -2.42. The highest BCUT2D eigenvalue weighted by molar-refractivity contribution is 5.77. The van der Waals surface area contributed by atoms with E-state index in [-0.39, 0.29) is 18.6 Å². The SMILES string of the molecule is NCCOCC(=O)NC1CCCOC1. The minimum atomic E-state index is -0.0889. The lowest BCUT2D eigenvalue weighted by Gasteiger charge is -2.22. The Labute approximate surface area is 83.9 Å². The monoisotopic (exact) mass is 202 g/mol. The number of hydrogen-bond donors (Lipinski definition) is 2. The van der Waals surface area contributed by atoms with Gasteiger partial charge in [-0.05, 0) is 12.8 Å². The van der Waals surface area contributed by atoms with Crippen LogP contribution in [0.2, 0.25) is 0 Å². The summed E-state index contributed by atoms with van der Waals surface area (Å²) in [5.74, 6) is -0.0889. The van der Waals surface area contributed by atoms with Gasteiger partial charge >= 0.3 is 0 Å². The Hall–Kier alpha value is -0.650. The molecule has 5 nitrogen and oxygen atoms in total. The van der Waals surface area contributed by atoms with Gasteiger partial charge in [-0.2, -0.15) is 0 Å². The number of carbonyl (C=O) groups is 1. The maximum Gasteiger partial charge on any atom is 0.246 e. The van der Waals surface area contributed by atoms with E-state index in [9.17, 15) is 4.79 Å². The van der Waals surface area contributed by atoms with Crippen LogP contribution in [0.5, 0.6) is 0 Å². The van der Waals surface area contributed by atoms with E-state index < -0.39 is 0 Å². The molecule has 1 heterocycles. The zero-order chi connectivity index (χ0) is 10.2. The number of nitrogens with two attached hydrogens (primary N) is 1. The molecule has 0 aromatic rings. The van der Waals surface area contributed by atoms with Crippen molar-refractivity contribution in [3.63, 3.8) is 0 Å². The summed E-state index contributed by atoms with van der Waals surface area (Å²) >= 11 is 0. The molecular formula is C9H18N2O3. The zero-order valence-electron chi connectivity index (χ0n) is 8.33.